The highest BCUT2D eigenvalue weighted by Crippen LogP contribution is 2.03. The lowest BCUT2D eigenvalue weighted by Crippen LogP contribution is -2.55. The number of carboxylic acid groups (broad SMARTS) is 2. The Bertz CT molecular complexity index is 446. The van der Waals surface area contributed by atoms with E-state index in [2.05, 4.69) is 10.6 Å². The zero-order valence-corrected chi connectivity index (χ0v) is 13.3. The third-order valence-corrected chi connectivity index (χ3v) is 3.41. The number of amides is 2. The second-order valence-electron chi connectivity index (χ2n) is 4.63. The SMILES string of the molecule is CSCC[C@H](NC(=O)[C@@H](N)CO)C(=O)N[C@@H](CC(=O)O)C(=O)O. The fourth-order valence-corrected chi connectivity index (χ4v) is 1.98. The van der Waals surface area contributed by atoms with Gasteiger partial charge in [-0.25, -0.2) is 4.79 Å². The predicted octanol–water partition coefficient (Wildman–Crippen LogP) is -2.41. The first-order valence-electron chi connectivity index (χ1n) is 6.63. The van der Waals surface area contributed by atoms with E-state index in [1.54, 1.807) is 6.26 Å². The van der Waals surface area contributed by atoms with Gasteiger partial charge in [0.1, 0.15) is 18.1 Å². The molecule has 0 radical (unpaired) electrons. The van der Waals surface area contributed by atoms with Crippen LogP contribution < -0.4 is 16.4 Å². The van der Waals surface area contributed by atoms with E-state index in [1.807, 2.05) is 0 Å². The van der Waals surface area contributed by atoms with Crippen molar-refractivity contribution in [2.75, 3.05) is 18.6 Å². The van der Waals surface area contributed by atoms with Gasteiger partial charge in [0, 0.05) is 0 Å². The Hall–Kier alpha value is -1.85. The molecule has 0 aromatic carbocycles. The lowest BCUT2D eigenvalue weighted by Gasteiger charge is -2.21. The molecule has 0 heterocycles. The standard InChI is InChI=1S/C12H21N3O7S/c1-23-3-2-7(14-10(19)6(13)5-16)11(20)15-8(12(21)22)4-9(17)18/h6-8,16H,2-5,13H2,1H3,(H,14,19)(H,15,20)(H,17,18)(H,21,22)/t6-,7-,8-/m0/s1. The molecule has 0 fully saturated rings. The number of rotatable bonds is 11. The van der Waals surface area contributed by atoms with Gasteiger partial charge < -0.3 is 31.7 Å². The van der Waals surface area contributed by atoms with Crippen LogP contribution in [-0.4, -0.2) is 75.8 Å². The summed E-state index contributed by atoms with van der Waals surface area (Å²) in [6.07, 6.45) is 1.18. The van der Waals surface area contributed by atoms with E-state index in [4.69, 9.17) is 21.1 Å². The summed E-state index contributed by atoms with van der Waals surface area (Å²) in [5, 5.41) is 30.8. The van der Waals surface area contributed by atoms with Crippen LogP contribution in [0.4, 0.5) is 0 Å². The molecule has 3 atom stereocenters. The van der Waals surface area contributed by atoms with Crippen LogP contribution >= 0.6 is 11.8 Å². The molecule has 132 valence electrons. The van der Waals surface area contributed by atoms with Crippen LogP contribution in [0.5, 0.6) is 0 Å². The van der Waals surface area contributed by atoms with Crippen molar-refractivity contribution in [2.45, 2.75) is 31.0 Å². The van der Waals surface area contributed by atoms with Crippen molar-refractivity contribution in [3.05, 3.63) is 0 Å². The maximum absolute atomic E-state index is 12.1. The predicted molar refractivity (Wildman–Crippen MR) is 81.8 cm³/mol. The first-order valence-corrected chi connectivity index (χ1v) is 8.03. The quantitative estimate of drug-likeness (QED) is 0.236. The van der Waals surface area contributed by atoms with Crippen molar-refractivity contribution in [1.29, 1.82) is 0 Å². The number of carbonyl (C=O) groups excluding carboxylic acids is 2. The third-order valence-electron chi connectivity index (χ3n) is 2.77. The number of nitrogens with two attached hydrogens (primary N) is 1. The van der Waals surface area contributed by atoms with Crippen molar-refractivity contribution < 1.29 is 34.5 Å². The van der Waals surface area contributed by atoms with E-state index in [0.29, 0.717) is 5.75 Å². The number of aliphatic hydroxyl groups excluding tert-OH is 1. The third kappa shape index (κ3) is 8.38. The topological polar surface area (TPSA) is 179 Å². The molecule has 0 bridgehead atoms. The maximum Gasteiger partial charge on any atom is 0.326 e. The Balaban J connectivity index is 4.93. The summed E-state index contributed by atoms with van der Waals surface area (Å²) in [4.78, 5) is 45.3. The van der Waals surface area contributed by atoms with Gasteiger partial charge in [-0.05, 0) is 18.4 Å². The van der Waals surface area contributed by atoms with Crippen molar-refractivity contribution >= 4 is 35.5 Å². The van der Waals surface area contributed by atoms with Gasteiger partial charge in [-0.15, -0.1) is 0 Å². The first kappa shape index (κ1) is 21.1. The lowest BCUT2D eigenvalue weighted by molar-refractivity contribution is -0.147. The Labute approximate surface area is 136 Å². The minimum Gasteiger partial charge on any atom is -0.481 e. The number of hydrogen-bond donors (Lipinski definition) is 6. The molecular formula is C12H21N3O7S. The molecule has 0 saturated carbocycles. The molecule has 0 saturated heterocycles. The van der Waals surface area contributed by atoms with Crippen LogP contribution in [0.15, 0.2) is 0 Å². The van der Waals surface area contributed by atoms with Crippen LogP contribution in [0.25, 0.3) is 0 Å². The van der Waals surface area contributed by atoms with Crippen molar-refractivity contribution in [3.63, 3.8) is 0 Å². The van der Waals surface area contributed by atoms with Crippen LogP contribution in [0.2, 0.25) is 0 Å². The van der Waals surface area contributed by atoms with Gasteiger partial charge in [0.05, 0.1) is 13.0 Å². The molecule has 0 unspecified atom stereocenters. The number of aliphatic hydroxyl groups is 1. The van der Waals surface area contributed by atoms with E-state index in [-0.39, 0.29) is 6.42 Å². The number of aliphatic carboxylic acids is 2. The Kier molecular flexibility index (Phi) is 9.94. The molecule has 11 heteroatoms. The van der Waals surface area contributed by atoms with Crippen LogP contribution in [0, 0.1) is 0 Å². The molecule has 0 rings (SSSR count). The smallest absolute Gasteiger partial charge is 0.326 e. The molecule has 0 spiro atoms. The van der Waals surface area contributed by atoms with Gasteiger partial charge in [-0.3, -0.25) is 14.4 Å². The monoisotopic (exact) mass is 351 g/mol. The zero-order chi connectivity index (χ0) is 18.0. The first-order chi connectivity index (χ1) is 10.7. The summed E-state index contributed by atoms with van der Waals surface area (Å²) < 4.78 is 0. The van der Waals surface area contributed by atoms with Crippen molar-refractivity contribution in [2.24, 2.45) is 5.73 Å². The van der Waals surface area contributed by atoms with E-state index in [9.17, 15) is 19.2 Å². The Morgan fingerprint density at radius 3 is 2.09 bits per heavy atom. The molecule has 10 nitrogen and oxygen atoms in total. The molecule has 0 aliphatic rings. The molecule has 0 aromatic rings. The molecule has 0 aromatic heterocycles. The fourth-order valence-electron chi connectivity index (χ4n) is 1.51. The number of hydrogen-bond acceptors (Lipinski definition) is 7. The second-order valence-corrected chi connectivity index (χ2v) is 5.61. The number of nitrogens with one attached hydrogen (secondary N) is 2. The highest BCUT2D eigenvalue weighted by molar-refractivity contribution is 7.98. The van der Waals surface area contributed by atoms with Crippen molar-refractivity contribution in [1.82, 2.24) is 10.6 Å². The van der Waals surface area contributed by atoms with Crippen LogP contribution in [0.1, 0.15) is 12.8 Å². The van der Waals surface area contributed by atoms with Crippen molar-refractivity contribution in [3.8, 4) is 0 Å². The molecule has 23 heavy (non-hydrogen) atoms. The molecule has 2 amide bonds. The normalized spacial score (nSPS) is 14.4. The number of carbonyl (C=O) groups is 4. The molecular weight excluding hydrogens is 330 g/mol. The van der Waals surface area contributed by atoms with E-state index in [1.165, 1.54) is 11.8 Å². The summed E-state index contributed by atoms with van der Waals surface area (Å²) in [6, 6.07) is -3.91. The van der Waals surface area contributed by atoms with Gasteiger partial charge in [-0.1, -0.05) is 0 Å². The van der Waals surface area contributed by atoms with E-state index >= 15 is 0 Å². The summed E-state index contributed by atoms with van der Waals surface area (Å²) in [5.41, 5.74) is 5.34. The zero-order valence-electron chi connectivity index (χ0n) is 12.5. The second kappa shape index (κ2) is 10.8. The average molecular weight is 351 g/mol. The van der Waals surface area contributed by atoms with Gasteiger partial charge in [0.25, 0.3) is 0 Å². The van der Waals surface area contributed by atoms with Gasteiger partial charge in [0.15, 0.2) is 0 Å². The largest absolute Gasteiger partial charge is 0.481 e. The van der Waals surface area contributed by atoms with Gasteiger partial charge >= 0.3 is 11.9 Å². The van der Waals surface area contributed by atoms with E-state index < -0.39 is 54.9 Å². The minimum absolute atomic E-state index is 0.191. The highest BCUT2D eigenvalue weighted by Gasteiger charge is 2.28. The molecule has 0 aliphatic heterocycles. The van der Waals surface area contributed by atoms with Gasteiger partial charge in [0.2, 0.25) is 11.8 Å². The Morgan fingerprint density at radius 2 is 1.65 bits per heavy atom. The van der Waals surface area contributed by atoms with E-state index in [0.717, 1.165) is 0 Å². The summed E-state index contributed by atoms with van der Waals surface area (Å²) in [5.74, 6) is -3.99. The maximum atomic E-state index is 12.1. The fraction of sp³-hybridized carbons (Fsp3) is 0.667. The lowest BCUT2D eigenvalue weighted by atomic mass is 10.1. The summed E-state index contributed by atoms with van der Waals surface area (Å²) >= 11 is 1.40. The Morgan fingerprint density at radius 1 is 1.09 bits per heavy atom. The molecule has 0 aliphatic carbocycles. The minimum atomic E-state index is -1.61. The average Bonchev–Trinajstić information content (AvgIpc) is 2.48. The van der Waals surface area contributed by atoms with Crippen LogP contribution in [-0.2, 0) is 19.2 Å². The summed E-state index contributed by atoms with van der Waals surface area (Å²) in [7, 11) is 0. The summed E-state index contributed by atoms with van der Waals surface area (Å²) in [6.45, 7) is -0.612. The number of thioether (sulfide) groups is 1. The molecule has 7 N–H and O–H groups in total. The highest BCUT2D eigenvalue weighted by atomic mass is 32.2. The van der Waals surface area contributed by atoms with Gasteiger partial charge in [-0.2, -0.15) is 11.8 Å². The number of carboxylic acids is 2. The van der Waals surface area contributed by atoms with Crippen LogP contribution in [0.3, 0.4) is 0 Å².